The van der Waals surface area contributed by atoms with E-state index in [1.807, 2.05) is 29.4 Å². The van der Waals surface area contributed by atoms with Crippen LogP contribution in [0.3, 0.4) is 0 Å². The van der Waals surface area contributed by atoms with Crippen molar-refractivity contribution in [2.45, 2.75) is 51.4 Å². The highest BCUT2D eigenvalue weighted by Crippen LogP contribution is 2.37. The fourth-order valence-corrected chi connectivity index (χ4v) is 9.04. The Morgan fingerprint density at radius 1 is 0.634 bits per heavy atom. The Kier molecular flexibility index (Phi) is 22.7. The lowest BCUT2D eigenvalue weighted by atomic mass is 9.97. The molecule has 25 heteroatoms. The lowest BCUT2D eigenvalue weighted by Crippen LogP contribution is -2.41. The first-order valence-electron chi connectivity index (χ1n) is 27.3. The van der Waals surface area contributed by atoms with E-state index in [9.17, 15) is 43.2 Å². The third-order valence-electron chi connectivity index (χ3n) is 13.4. The number of hydrogen-bond donors (Lipinski definition) is 6. The monoisotopic (exact) mass is 1130 g/mol. The van der Waals surface area contributed by atoms with Crippen LogP contribution in [0.2, 0.25) is 0 Å². The van der Waals surface area contributed by atoms with Crippen molar-refractivity contribution in [2.75, 3.05) is 103 Å². The topological polar surface area (TPSA) is 301 Å². The standard InChI is InChI=1S/C57H71N11O14/c1-65-36-40(30-45(65)54(74)60-20-7-25-82-57(77)61-19-6-18-58-50(70)17-26-79-28-29-80-27-21-59-49(69)16-23-68-52(72)14-15-53(68)73)39-10-12-41(13-11-39)64-55(75)46-31-42(37-66(46)2)63-51(71)9-5-24-81-48-33-44-43(32-47(48)78-3)56(76)67-22-4-8-38(35-67)34-62-44/h10-15,30-34,36-38H,4-9,16-29,35H2,1-3H3,(H,58,70)(H,59,69)(H,60,74)(H,61,77)(H,63,71)(H,64,75). The van der Waals surface area contributed by atoms with Crippen LogP contribution in [-0.4, -0.2) is 171 Å². The van der Waals surface area contributed by atoms with Gasteiger partial charge in [0.1, 0.15) is 11.4 Å². The lowest BCUT2D eigenvalue weighted by molar-refractivity contribution is -0.137. The molecule has 6 N–H and O–H groups in total. The van der Waals surface area contributed by atoms with Gasteiger partial charge in [0.25, 0.3) is 29.5 Å². The fourth-order valence-electron chi connectivity index (χ4n) is 9.04. The van der Waals surface area contributed by atoms with Crippen LogP contribution in [0, 0.1) is 5.92 Å². The van der Waals surface area contributed by atoms with E-state index < -0.39 is 17.9 Å². The average Bonchev–Trinajstić information content (AvgIpc) is 4.17. The molecule has 2 aromatic carbocycles. The summed E-state index contributed by atoms with van der Waals surface area (Å²) in [6.07, 6.45) is 10.6. The summed E-state index contributed by atoms with van der Waals surface area (Å²) in [4.78, 5) is 119. The maximum absolute atomic E-state index is 13.3. The first-order valence-corrected chi connectivity index (χ1v) is 27.3. The molecule has 1 saturated heterocycles. The molecule has 2 aromatic heterocycles. The molecular weight excluding hydrogens is 1060 g/mol. The Bertz CT molecular complexity index is 2990. The number of carbonyl (C=O) groups is 9. The molecule has 82 heavy (non-hydrogen) atoms. The quantitative estimate of drug-likeness (QED) is 0.0308. The number of aliphatic imine (C=N–C) groups is 1. The molecule has 25 nitrogen and oxygen atoms in total. The second-order valence-corrected chi connectivity index (χ2v) is 19.5. The van der Waals surface area contributed by atoms with Crippen molar-refractivity contribution in [3.8, 4) is 22.6 Å². The molecule has 0 spiro atoms. The minimum Gasteiger partial charge on any atom is -0.493 e. The molecule has 1 atom stereocenters. The van der Waals surface area contributed by atoms with Gasteiger partial charge in [0.15, 0.2) is 11.5 Å². The van der Waals surface area contributed by atoms with E-state index in [0.717, 1.165) is 28.9 Å². The van der Waals surface area contributed by atoms with Gasteiger partial charge in [-0.05, 0) is 68.0 Å². The van der Waals surface area contributed by atoms with Crippen LogP contribution in [-0.2, 0) is 52.3 Å². The number of anilines is 2. The Balaban J connectivity index is 0.704. The molecule has 7 rings (SSSR count). The number of piperidine rings is 1. The van der Waals surface area contributed by atoms with Crippen LogP contribution in [0.4, 0.5) is 21.9 Å². The largest absolute Gasteiger partial charge is 0.493 e. The van der Waals surface area contributed by atoms with Crippen LogP contribution in [0.25, 0.3) is 11.1 Å². The van der Waals surface area contributed by atoms with Crippen molar-refractivity contribution in [1.82, 2.24) is 40.2 Å². The van der Waals surface area contributed by atoms with Crippen molar-refractivity contribution in [2.24, 2.45) is 25.0 Å². The van der Waals surface area contributed by atoms with E-state index in [1.54, 1.807) is 65.8 Å². The van der Waals surface area contributed by atoms with Crippen molar-refractivity contribution in [3.05, 3.63) is 90.0 Å². The van der Waals surface area contributed by atoms with E-state index in [1.165, 1.54) is 19.3 Å². The minimum atomic E-state index is -0.614. The summed E-state index contributed by atoms with van der Waals surface area (Å²) in [5.74, 6) is -1.33. The molecule has 0 aliphatic carbocycles. The second-order valence-electron chi connectivity index (χ2n) is 19.5. The molecule has 5 heterocycles. The third kappa shape index (κ3) is 18.1. The van der Waals surface area contributed by atoms with Crippen molar-refractivity contribution >= 4 is 76.6 Å². The summed E-state index contributed by atoms with van der Waals surface area (Å²) in [5.41, 5.74) is 4.34. The number of alkyl carbamates (subject to hydrolysis) is 1. The van der Waals surface area contributed by atoms with Gasteiger partial charge in [-0.2, -0.15) is 0 Å². The van der Waals surface area contributed by atoms with E-state index in [2.05, 4.69) is 36.9 Å². The first-order chi connectivity index (χ1) is 39.6. The van der Waals surface area contributed by atoms with E-state index in [4.69, 9.17) is 23.7 Å². The Hall–Kier alpha value is -8.84. The van der Waals surface area contributed by atoms with Crippen LogP contribution in [0.15, 0.2) is 78.1 Å². The van der Waals surface area contributed by atoms with E-state index in [-0.39, 0.29) is 126 Å². The highest BCUT2D eigenvalue weighted by atomic mass is 16.5. The van der Waals surface area contributed by atoms with Gasteiger partial charge in [0.2, 0.25) is 17.7 Å². The molecule has 2 bridgehead atoms. The number of ether oxygens (including phenoxy) is 5. The molecule has 1 fully saturated rings. The van der Waals surface area contributed by atoms with Crippen LogP contribution in [0.5, 0.6) is 11.5 Å². The molecule has 1 unspecified atom stereocenters. The number of rotatable bonds is 31. The molecule has 4 aromatic rings. The molecule has 9 amide bonds. The van der Waals surface area contributed by atoms with Crippen LogP contribution in [0.1, 0.15) is 82.7 Å². The number of imide groups is 1. The zero-order chi connectivity index (χ0) is 58.4. The van der Waals surface area contributed by atoms with Gasteiger partial charge in [0, 0.05) is 133 Å². The number of benzene rings is 2. The van der Waals surface area contributed by atoms with Crippen LogP contribution >= 0.6 is 0 Å². The predicted molar refractivity (Wildman–Crippen MR) is 301 cm³/mol. The number of nitrogens with zero attached hydrogens (tertiary/aromatic N) is 5. The maximum atomic E-state index is 13.3. The van der Waals surface area contributed by atoms with Gasteiger partial charge in [0.05, 0.1) is 63.7 Å². The SMILES string of the molecule is COc1cc2c(cc1OCCCC(=O)Nc1cc(C(=O)Nc3ccc(-c4cc(C(=O)NCCCOC(=O)NCCCNC(=O)CCOCCOCCNC(=O)CCN5C(=O)C=CC5=O)n(C)c4)cc3)n(C)c1)N=CC1CCCN(C1)C2=O. The summed E-state index contributed by atoms with van der Waals surface area (Å²) in [5, 5.41) is 16.6. The minimum absolute atomic E-state index is 0.000859. The number of fused-ring (bicyclic) bond motifs is 3. The maximum Gasteiger partial charge on any atom is 0.407 e. The highest BCUT2D eigenvalue weighted by molar-refractivity contribution is 6.13. The zero-order valence-electron chi connectivity index (χ0n) is 46.4. The normalized spacial score (nSPS) is 14.4. The predicted octanol–water partition coefficient (Wildman–Crippen LogP) is 3.86. The molecular formula is C57H71N11O14. The van der Waals surface area contributed by atoms with E-state index in [0.29, 0.717) is 84.4 Å². The summed E-state index contributed by atoms with van der Waals surface area (Å²) >= 11 is 0. The third-order valence-corrected chi connectivity index (χ3v) is 13.4. The number of hydrogen-bond acceptors (Lipinski definition) is 15. The summed E-state index contributed by atoms with van der Waals surface area (Å²) in [7, 11) is 4.98. The lowest BCUT2D eigenvalue weighted by Gasteiger charge is -2.32. The number of aromatic nitrogens is 2. The van der Waals surface area contributed by atoms with Gasteiger partial charge in [-0.1, -0.05) is 12.1 Å². The number of aryl methyl sites for hydroxylation is 2. The second kappa shape index (κ2) is 30.7. The summed E-state index contributed by atoms with van der Waals surface area (Å²) in [6.45, 7) is 3.76. The number of methoxy groups -OCH3 is 1. The van der Waals surface area contributed by atoms with Crippen molar-refractivity contribution < 1.29 is 66.8 Å². The van der Waals surface area contributed by atoms with Gasteiger partial charge < -0.3 is 69.6 Å². The first kappa shape index (κ1) is 60.8. The number of amides is 9. The van der Waals surface area contributed by atoms with Crippen LogP contribution < -0.4 is 41.4 Å². The molecule has 0 radical (unpaired) electrons. The summed E-state index contributed by atoms with van der Waals surface area (Å²) in [6, 6.07) is 13.9. The number of carbonyl (C=O) groups excluding carboxylic acids is 9. The average molecular weight is 1130 g/mol. The molecule has 3 aliphatic heterocycles. The van der Waals surface area contributed by atoms with Gasteiger partial charge >= 0.3 is 6.09 Å². The smallest absolute Gasteiger partial charge is 0.407 e. The van der Waals surface area contributed by atoms with Gasteiger partial charge in [-0.3, -0.25) is 48.2 Å². The zero-order valence-corrected chi connectivity index (χ0v) is 46.4. The molecule has 0 saturated carbocycles. The van der Waals surface area contributed by atoms with Gasteiger partial charge in [-0.15, -0.1) is 0 Å². The van der Waals surface area contributed by atoms with Gasteiger partial charge in [-0.25, -0.2) is 4.79 Å². The molecule has 438 valence electrons. The van der Waals surface area contributed by atoms with Crippen molar-refractivity contribution in [3.63, 3.8) is 0 Å². The Labute approximate surface area is 474 Å². The van der Waals surface area contributed by atoms with Crippen molar-refractivity contribution in [1.29, 1.82) is 0 Å². The van der Waals surface area contributed by atoms with E-state index >= 15 is 0 Å². The number of nitrogens with one attached hydrogen (secondary N) is 6. The summed E-state index contributed by atoms with van der Waals surface area (Å²) < 4.78 is 30.9. The Morgan fingerprint density at radius 2 is 1.34 bits per heavy atom. The molecule has 3 aliphatic rings. The fraction of sp³-hybridized carbons (Fsp3) is 0.439. The Morgan fingerprint density at radius 3 is 2.12 bits per heavy atom. The highest BCUT2D eigenvalue weighted by Gasteiger charge is 2.29.